The molecule has 1 N–H and O–H groups in total. The average Bonchev–Trinajstić information content (AvgIpc) is 3.34. The second-order valence-corrected chi connectivity index (χ2v) is 6.25. The molecule has 0 unspecified atom stereocenters. The second kappa shape index (κ2) is 8.62. The first kappa shape index (κ1) is 17.4. The minimum absolute atomic E-state index is 0.0302. The van der Waals surface area contributed by atoms with Gasteiger partial charge in [-0.3, -0.25) is 14.4 Å². The molecular weight excluding hydrogens is 318 g/mol. The van der Waals surface area contributed by atoms with Gasteiger partial charge in [0, 0.05) is 13.0 Å². The Balaban J connectivity index is 1.60. The molecule has 0 saturated carbocycles. The molecule has 134 valence electrons. The van der Waals surface area contributed by atoms with E-state index in [2.05, 4.69) is 32.4 Å². The highest BCUT2D eigenvalue weighted by atomic mass is 16.5. The van der Waals surface area contributed by atoms with Gasteiger partial charge in [-0.2, -0.15) is 5.10 Å². The zero-order valence-electron chi connectivity index (χ0n) is 14.6. The van der Waals surface area contributed by atoms with Crippen molar-refractivity contribution in [1.29, 1.82) is 0 Å². The molecule has 0 spiro atoms. The molecule has 2 heterocycles. The predicted molar refractivity (Wildman–Crippen MR) is 94.2 cm³/mol. The van der Waals surface area contributed by atoms with E-state index in [-0.39, 0.29) is 11.9 Å². The molecule has 1 aromatic heterocycles. The topological polar surface area (TPSA) is 72.3 Å². The monoisotopic (exact) mass is 343 g/mol. The second-order valence-electron chi connectivity index (χ2n) is 6.25. The summed E-state index contributed by atoms with van der Waals surface area (Å²) >= 11 is 0. The van der Waals surface area contributed by atoms with E-state index in [1.54, 1.807) is 18.1 Å². The van der Waals surface area contributed by atoms with Crippen molar-refractivity contribution < 1.29 is 9.53 Å². The van der Waals surface area contributed by atoms with Crippen molar-refractivity contribution in [2.45, 2.75) is 31.8 Å². The van der Waals surface area contributed by atoms with Gasteiger partial charge in [0.2, 0.25) is 5.91 Å². The third kappa shape index (κ3) is 4.79. The van der Waals surface area contributed by atoms with E-state index < -0.39 is 0 Å². The Morgan fingerprint density at radius 3 is 2.92 bits per heavy atom. The van der Waals surface area contributed by atoms with E-state index in [1.165, 1.54) is 24.7 Å². The zero-order valence-corrected chi connectivity index (χ0v) is 14.6. The minimum atomic E-state index is 0.0302. The molecule has 7 heteroatoms. The van der Waals surface area contributed by atoms with Gasteiger partial charge in [-0.25, -0.2) is 4.98 Å². The lowest BCUT2D eigenvalue weighted by Gasteiger charge is -2.28. The predicted octanol–water partition coefficient (Wildman–Crippen LogP) is 1.63. The fourth-order valence-electron chi connectivity index (χ4n) is 3.22. The van der Waals surface area contributed by atoms with Crippen LogP contribution in [0.3, 0.4) is 0 Å². The third-order valence-corrected chi connectivity index (χ3v) is 4.59. The molecule has 3 rings (SSSR count). The van der Waals surface area contributed by atoms with Crippen LogP contribution < -0.4 is 10.1 Å². The molecule has 1 aromatic carbocycles. The first-order valence-corrected chi connectivity index (χ1v) is 8.73. The molecule has 0 bridgehead atoms. The maximum atomic E-state index is 12.2. The molecule has 1 saturated heterocycles. The van der Waals surface area contributed by atoms with Gasteiger partial charge >= 0.3 is 0 Å². The molecule has 1 fully saturated rings. The van der Waals surface area contributed by atoms with Crippen LogP contribution in [0.2, 0.25) is 0 Å². The molecule has 1 atom stereocenters. The number of amides is 1. The first-order chi connectivity index (χ1) is 12.3. The highest BCUT2D eigenvalue weighted by molar-refractivity contribution is 5.75. The summed E-state index contributed by atoms with van der Waals surface area (Å²) < 4.78 is 7.02. The Labute approximate surface area is 148 Å². The molecule has 7 nitrogen and oxygen atoms in total. The lowest BCUT2D eigenvalue weighted by Crippen LogP contribution is -2.37. The fourth-order valence-corrected chi connectivity index (χ4v) is 3.22. The van der Waals surface area contributed by atoms with Crippen LogP contribution in [0.25, 0.3) is 0 Å². The van der Waals surface area contributed by atoms with Crippen molar-refractivity contribution in [2.75, 3.05) is 26.7 Å². The number of ether oxygens (including phenoxy) is 1. The molecular formula is C18H25N5O2. The molecule has 1 aliphatic heterocycles. The summed E-state index contributed by atoms with van der Waals surface area (Å²) in [6.07, 6.45) is 5.91. The van der Waals surface area contributed by atoms with Gasteiger partial charge in [0.15, 0.2) is 0 Å². The van der Waals surface area contributed by atoms with Crippen molar-refractivity contribution in [3.05, 3.63) is 42.5 Å². The number of nitrogens with zero attached hydrogens (tertiary/aromatic N) is 4. The maximum absolute atomic E-state index is 12.2. The molecule has 0 aliphatic carbocycles. The highest BCUT2D eigenvalue weighted by Gasteiger charge is 2.24. The molecule has 25 heavy (non-hydrogen) atoms. The van der Waals surface area contributed by atoms with Gasteiger partial charge in [-0.05, 0) is 43.6 Å². The Morgan fingerprint density at radius 2 is 2.20 bits per heavy atom. The van der Waals surface area contributed by atoms with Crippen molar-refractivity contribution >= 4 is 5.91 Å². The van der Waals surface area contributed by atoms with Crippen LogP contribution >= 0.6 is 0 Å². The summed E-state index contributed by atoms with van der Waals surface area (Å²) in [5, 5.41) is 7.09. The van der Waals surface area contributed by atoms with Gasteiger partial charge in [-0.1, -0.05) is 12.1 Å². The third-order valence-electron chi connectivity index (χ3n) is 4.59. The van der Waals surface area contributed by atoms with Crippen LogP contribution in [0.15, 0.2) is 36.9 Å². The van der Waals surface area contributed by atoms with Crippen LogP contribution in [-0.4, -0.2) is 52.3 Å². The Kier molecular flexibility index (Phi) is 6.00. The van der Waals surface area contributed by atoms with E-state index in [0.717, 1.165) is 18.8 Å². The summed E-state index contributed by atoms with van der Waals surface area (Å²) in [7, 11) is 1.68. The maximum Gasteiger partial charge on any atom is 0.221 e. The van der Waals surface area contributed by atoms with Gasteiger partial charge in [0.1, 0.15) is 18.4 Å². The summed E-state index contributed by atoms with van der Waals surface area (Å²) in [5.41, 5.74) is 1.18. The van der Waals surface area contributed by atoms with E-state index in [4.69, 9.17) is 4.74 Å². The van der Waals surface area contributed by atoms with E-state index >= 15 is 0 Å². The van der Waals surface area contributed by atoms with E-state index in [1.807, 2.05) is 12.1 Å². The van der Waals surface area contributed by atoms with Crippen LogP contribution in [0.4, 0.5) is 0 Å². The standard InChI is InChI=1S/C18H25N5O2/c1-25-16-6-4-5-15(11-16)17(22-8-2-3-9-22)12-20-18(24)7-10-23-14-19-13-21-23/h4-6,11,13-14,17H,2-3,7-10,12H2,1H3,(H,20,24)/t17-/m0/s1. The van der Waals surface area contributed by atoms with Crippen molar-refractivity contribution in [3.63, 3.8) is 0 Å². The largest absolute Gasteiger partial charge is 0.497 e. The summed E-state index contributed by atoms with van der Waals surface area (Å²) in [6.45, 7) is 3.27. The SMILES string of the molecule is COc1cccc([C@H](CNC(=O)CCn2cncn2)N2CCCC2)c1. The van der Waals surface area contributed by atoms with Crippen LogP contribution in [0.5, 0.6) is 5.75 Å². The number of aryl methyl sites for hydroxylation is 1. The van der Waals surface area contributed by atoms with E-state index in [0.29, 0.717) is 19.5 Å². The number of carbonyl (C=O) groups excluding carboxylic acids is 1. The van der Waals surface area contributed by atoms with Crippen LogP contribution in [-0.2, 0) is 11.3 Å². The summed E-state index contributed by atoms with van der Waals surface area (Å²) in [4.78, 5) is 18.5. The minimum Gasteiger partial charge on any atom is -0.497 e. The molecule has 2 aromatic rings. The Hall–Kier alpha value is -2.41. The number of nitrogens with one attached hydrogen (secondary N) is 1. The molecule has 1 aliphatic rings. The number of hydrogen-bond donors (Lipinski definition) is 1. The summed E-state index contributed by atoms with van der Waals surface area (Å²) in [5.74, 6) is 0.877. The quantitative estimate of drug-likeness (QED) is 0.789. The Morgan fingerprint density at radius 1 is 1.36 bits per heavy atom. The van der Waals surface area contributed by atoms with Crippen molar-refractivity contribution in [2.24, 2.45) is 0 Å². The lowest BCUT2D eigenvalue weighted by molar-refractivity contribution is -0.121. The average molecular weight is 343 g/mol. The smallest absolute Gasteiger partial charge is 0.221 e. The number of likely N-dealkylation sites (tertiary alicyclic amines) is 1. The highest BCUT2D eigenvalue weighted by Crippen LogP contribution is 2.27. The zero-order chi connectivity index (χ0) is 17.5. The normalized spacial score (nSPS) is 15.9. The number of hydrogen-bond acceptors (Lipinski definition) is 5. The van der Waals surface area contributed by atoms with Gasteiger partial charge in [-0.15, -0.1) is 0 Å². The Bertz CT molecular complexity index is 668. The molecule has 1 amide bonds. The van der Waals surface area contributed by atoms with Gasteiger partial charge in [0.05, 0.1) is 19.7 Å². The van der Waals surface area contributed by atoms with Gasteiger partial charge < -0.3 is 10.1 Å². The number of methoxy groups -OCH3 is 1. The number of benzene rings is 1. The number of aromatic nitrogens is 3. The van der Waals surface area contributed by atoms with Gasteiger partial charge in [0.25, 0.3) is 0 Å². The number of rotatable bonds is 8. The van der Waals surface area contributed by atoms with E-state index in [9.17, 15) is 4.79 Å². The lowest BCUT2D eigenvalue weighted by atomic mass is 10.0. The van der Waals surface area contributed by atoms with Crippen LogP contribution in [0.1, 0.15) is 30.9 Å². The molecule has 0 radical (unpaired) electrons. The first-order valence-electron chi connectivity index (χ1n) is 8.73. The summed E-state index contributed by atoms with van der Waals surface area (Å²) in [6, 6.07) is 8.29. The van der Waals surface area contributed by atoms with Crippen LogP contribution in [0, 0.1) is 0 Å². The fraction of sp³-hybridized carbons (Fsp3) is 0.500. The van der Waals surface area contributed by atoms with Crippen molar-refractivity contribution in [3.8, 4) is 5.75 Å². The number of carbonyl (C=O) groups is 1. The van der Waals surface area contributed by atoms with Crippen molar-refractivity contribution in [1.82, 2.24) is 25.0 Å².